The molecule has 26 heavy (non-hydrogen) atoms. The van der Waals surface area contributed by atoms with Gasteiger partial charge in [-0.15, -0.1) is 0 Å². The zero-order chi connectivity index (χ0) is 18.6. The van der Waals surface area contributed by atoms with Gasteiger partial charge in [-0.2, -0.15) is 13.2 Å². The molecule has 4 nitrogen and oxygen atoms in total. The lowest BCUT2D eigenvalue weighted by Gasteiger charge is -2.05. The molecule has 0 atom stereocenters. The van der Waals surface area contributed by atoms with E-state index in [9.17, 15) is 18.0 Å². The lowest BCUT2D eigenvalue weighted by atomic mass is 10.1. The van der Waals surface area contributed by atoms with E-state index in [0.717, 1.165) is 9.04 Å². The van der Waals surface area contributed by atoms with Crippen molar-refractivity contribution in [2.24, 2.45) is 7.05 Å². The fourth-order valence-electron chi connectivity index (χ4n) is 2.88. The highest BCUT2D eigenvalue weighted by Crippen LogP contribution is 2.34. The van der Waals surface area contributed by atoms with Gasteiger partial charge in [-0.05, 0) is 24.3 Å². The molecule has 0 aliphatic rings. The largest absolute Gasteiger partial charge is 0.453 e. The van der Waals surface area contributed by atoms with E-state index in [2.05, 4.69) is 20.9 Å². The Kier molecular flexibility index (Phi) is 3.69. The molecule has 0 saturated heterocycles. The summed E-state index contributed by atoms with van der Waals surface area (Å²) in [4.78, 5) is 16.1. The highest BCUT2D eigenvalue weighted by atomic mass is 79.9. The number of hydrogen-bond donors (Lipinski definition) is 0. The summed E-state index contributed by atoms with van der Waals surface area (Å²) in [5.41, 5.74) is 0.579. The van der Waals surface area contributed by atoms with Gasteiger partial charge in [-0.25, -0.2) is 4.98 Å². The third-order valence-electron chi connectivity index (χ3n) is 4.13. The first kappa shape index (κ1) is 16.8. The number of nitrogens with zero attached hydrogens (tertiary/aromatic N) is 2. The number of imidazole rings is 1. The van der Waals surface area contributed by atoms with Gasteiger partial charge in [0.1, 0.15) is 11.3 Å². The standard InChI is InChI=1S/C18H10BrF3N2O2/c1-24-12-7-6-11-13(25)8-14(9-2-4-10(19)5-3-9)26-16(11)15(12)23-17(24)18(20,21)22/h2-8H,1H3. The minimum atomic E-state index is -4.61. The molecular weight excluding hydrogens is 413 g/mol. The van der Waals surface area contributed by atoms with Gasteiger partial charge in [0, 0.05) is 23.2 Å². The second-order valence-electron chi connectivity index (χ2n) is 5.78. The molecule has 0 aliphatic heterocycles. The fraction of sp³-hybridized carbons (Fsp3) is 0.111. The van der Waals surface area contributed by atoms with E-state index in [0.29, 0.717) is 5.56 Å². The monoisotopic (exact) mass is 422 g/mol. The molecule has 2 aromatic heterocycles. The smallest absolute Gasteiger partial charge is 0.449 e. The molecule has 0 amide bonds. The molecule has 0 radical (unpaired) electrons. The second-order valence-corrected chi connectivity index (χ2v) is 6.70. The number of fused-ring (bicyclic) bond motifs is 3. The molecule has 0 bridgehead atoms. The first-order valence-corrected chi connectivity index (χ1v) is 8.31. The van der Waals surface area contributed by atoms with Crippen LogP contribution in [0.15, 0.2) is 56.1 Å². The summed E-state index contributed by atoms with van der Waals surface area (Å²) >= 11 is 3.32. The van der Waals surface area contributed by atoms with Gasteiger partial charge in [-0.3, -0.25) is 4.79 Å². The van der Waals surface area contributed by atoms with Crippen LogP contribution in [0.3, 0.4) is 0 Å². The Hall–Kier alpha value is -2.61. The molecule has 0 aliphatic carbocycles. The first-order valence-electron chi connectivity index (χ1n) is 7.52. The Bertz CT molecular complexity index is 1210. The van der Waals surface area contributed by atoms with Crippen molar-refractivity contribution in [3.8, 4) is 11.3 Å². The van der Waals surface area contributed by atoms with Gasteiger partial charge in [0.15, 0.2) is 11.0 Å². The van der Waals surface area contributed by atoms with Crippen molar-refractivity contribution in [2.75, 3.05) is 0 Å². The molecule has 2 aromatic carbocycles. The maximum Gasteiger partial charge on any atom is 0.449 e. The highest BCUT2D eigenvalue weighted by Gasteiger charge is 2.37. The Morgan fingerprint density at radius 1 is 1.12 bits per heavy atom. The van der Waals surface area contributed by atoms with Crippen molar-refractivity contribution in [3.05, 3.63) is 63.0 Å². The van der Waals surface area contributed by atoms with Crippen LogP contribution in [0.1, 0.15) is 5.82 Å². The number of alkyl halides is 3. The molecule has 0 spiro atoms. The summed E-state index contributed by atoms with van der Waals surface area (Å²) in [6.07, 6.45) is -4.61. The average Bonchev–Trinajstić information content (AvgIpc) is 2.93. The third kappa shape index (κ3) is 2.61. The number of benzene rings is 2. The molecule has 132 valence electrons. The fourth-order valence-corrected chi connectivity index (χ4v) is 3.14. The van der Waals surface area contributed by atoms with Crippen molar-refractivity contribution >= 4 is 37.9 Å². The Morgan fingerprint density at radius 2 is 1.81 bits per heavy atom. The van der Waals surface area contributed by atoms with Crippen LogP contribution in [0.25, 0.3) is 33.3 Å². The topological polar surface area (TPSA) is 48.0 Å². The normalized spacial score (nSPS) is 12.2. The van der Waals surface area contributed by atoms with Gasteiger partial charge in [-0.1, -0.05) is 28.1 Å². The van der Waals surface area contributed by atoms with Crippen molar-refractivity contribution in [3.63, 3.8) is 0 Å². The van der Waals surface area contributed by atoms with Crippen LogP contribution in [0.5, 0.6) is 0 Å². The van der Waals surface area contributed by atoms with E-state index < -0.39 is 12.0 Å². The molecular formula is C18H10BrF3N2O2. The minimum absolute atomic E-state index is 0.00777. The summed E-state index contributed by atoms with van der Waals surface area (Å²) in [5, 5.41) is 0.185. The van der Waals surface area contributed by atoms with Crippen molar-refractivity contribution in [2.45, 2.75) is 6.18 Å². The highest BCUT2D eigenvalue weighted by molar-refractivity contribution is 9.10. The molecule has 2 heterocycles. The Balaban J connectivity index is 2.06. The van der Waals surface area contributed by atoms with Crippen molar-refractivity contribution in [1.29, 1.82) is 0 Å². The van der Waals surface area contributed by atoms with E-state index in [1.165, 1.54) is 25.2 Å². The van der Waals surface area contributed by atoms with Crippen LogP contribution < -0.4 is 5.43 Å². The number of aryl methyl sites for hydroxylation is 1. The van der Waals surface area contributed by atoms with Crippen LogP contribution in [0.2, 0.25) is 0 Å². The van der Waals surface area contributed by atoms with E-state index in [4.69, 9.17) is 4.42 Å². The number of aromatic nitrogens is 2. The van der Waals surface area contributed by atoms with Crippen LogP contribution in [-0.4, -0.2) is 9.55 Å². The maximum atomic E-state index is 13.2. The van der Waals surface area contributed by atoms with E-state index in [1.54, 1.807) is 24.3 Å². The zero-order valence-electron chi connectivity index (χ0n) is 13.3. The zero-order valence-corrected chi connectivity index (χ0v) is 14.9. The summed E-state index contributed by atoms with van der Waals surface area (Å²) < 4.78 is 47.1. The molecule has 0 N–H and O–H groups in total. The third-order valence-corrected chi connectivity index (χ3v) is 4.66. The number of hydrogen-bond acceptors (Lipinski definition) is 3. The predicted molar refractivity (Wildman–Crippen MR) is 94.9 cm³/mol. The van der Waals surface area contributed by atoms with Crippen molar-refractivity contribution in [1.82, 2.24) is 9.55 Å². The van der Waals surface area contributed by atoms with E-state index in [-0.39, 0.29) is 33.2 Å². The summed E-state index contributed by atoms with van der Waals surface area (Å²) in [6, 6.07) is 11.3. The van der Waals surface area contributed by atoms with E-state index >= 15 is 0 Å². The van der Waals surface area contributed by atoms with Gasteiger partial charge in [0.05, 0.1) is 10.9 Å². The van der Waals surface area contributed by atoms with Crippen LogP contribution in [0, 0.1) is 0 Å². The maximum absolute atomic E-state index is 13.2. The summed E-state index contributed by atoms with van der Waals surface area (Å²) in [6.45, 7) is 0. The van der Waals surface area contributed by atoms with Gasteiger partial charge >= 0.3 is 6.18 Å². The minimum Gasteiger partial charge on any atom is -0.453 e. The van der Waals surface area contributed by atoms with Crippen molar-refractivity contribution < 1.29 is 17.6 Å². The molecule has 0 saturated carbocycles. The van der Waals surface area contributed by atoms with Crippen LogP contribution in [0.4, 0.5) is 13.2 Å². The van der Waals surface area contributed by atoms with Gasteiger partial charge in [0.25, 0.3) is 0 Å². The summed E-state index contributed by atoms with van der Waals surface area (Å²) in [5.74, 6) is -0.779. The van der Waals surface area contributed by atoms with E-state index in [1.807, 2.05) is 0 Å². The summed E-state index contributed by atoms with van der Waals surface area (Å²) in [7, 11) is 1.28. The predicted octanol–water partition coefficient (Wildman–Crippen LogP) is 5.13. The quantitative estimate of drug-likeness (QED) is 0.427. The molecule has 4 rings (SSSR count). The molecule has 0 fully saturated rings. The molecule has 4 aromatic rings. The SMILES string of the molecule is Cn1c(C(F)(F)F)nc2c3oc(-c4ccc(Br)cc4)cc(=O)c3ccc21. The van der Waals surface area contributed by atoms with Gasteiger partial charge in [0.2, 0.25) is 5.82 Å². The second kappa shape index (κ2) is 5.70. The lowest BCUT2D eigenvalue weighted by Crippen LogP contribution is -2.12. The first-order chi connectivity index (χ1) is 12.3. The number of halogens is 4. The van der Waals surface area contributed by atoms with Crippen LogP contribution in [-0.2, 0) is 13.2 Å². The van der Waals surface area contributed by atoms with Gasteiger partial charge < -0.3 is 8.98 Å². The van der Waals surface area contributed by atoms with Crippen LogP contribution >= 0.6 is 15.9 Å². The average molecular weight is 423 g/mol. The molecule has 0 unspecified atom stereocenters. The lowest BCUT2D eigenvalue weighted by molar-refractivity contribution is -0.146. The molecule has 8 heteroatoms. The number of rotatable bonds is 1. The Labute approximate surface area is 153 Å². The Morgan fingerprint density at radius 3 is 2.46 bits per heavy atom.